The van der Waals surface area contributed by atoms with Gasteiger partial charge in [0.1, 0.15) is 5.75 Å². The summed E-state index contributed by atoms with van der Waals surface area (Å²) in [5.41, 5.74) is 1.28. The summed E-state index contributed by atoms with van der Waals surface area (Å²) >= 11 is 1.51. The Morgan fingerprint density at radius 3 is 2.50 bits per heavy atom. The lowest BCUT2D eigenvalue weighted by Gasteiger charge is -2.34. The maximum absolute atomic E-state index is 12.0. The maximum atomic E-state index is 12.0. The van der Waals surface area contributed by atoms with E-state index in [1.54, 1.807) is 12.4 Å². The Morgan fingerprint density at radius 1 is 1.06 bits per heavy atom. The van der Waals surface area contributed by atoms with Gasteiger partial charge in [-0.3, -0.25) is 9.69 Å². The number of aryl methyl sites for hydroxylation is 1. The molecule has 0 spiro atoms. The molecule has 3 aromatic rings. The fourth-order valence-corrected chi connectivity index (χ4v) is 4.40. The zero-order chi connectivity index (χ0) is 22.2. The Morgan fingerprint density at radius 2 is 1.81 bits per heavy atom. The van der Waals surface area contributed by atoms with Crippen LogP contribution in [-0.2, 0) is 6.54 Å². The number of hydrogen-bond acceptors (Lipinski definition) is 7. The molecule has 0 radical (unpaired) electrons. The first-order valence-electron chi connectivity index (χ1n) is 11.0. The molecular weight excluding hydrogens is 422 g/mol. The normalized spacial score (nSPS) is 14.3. The minimum Gasteiger partial charge on any atom is -0.494 e. The number of piperazine rings is 1. The molecule has 0 saturated carbocycles. The molecule has 1 N–H and O–H groups in total. The van der Waals surface area contributed by atoms with E-state index in [1.165, 1.54) is 16.9 Å². The molecule has 1 aromatic carbocycles. The van der Waals surface area contributed by atoms with E-state index in [9.17, 15) is 4.79 Å². The average molecular weight is 452 g/mol. The molecule has 1 saturated heterocycles. The molecule has 7 nitrogen and oxygen atoms in total. The van der Waals surface area contributed by atoms with Crippen molar-refractivity contribution in [2.24, 2.45) is 0 Å². The monoisotopic (exact) mass is 451 g/mol. The predicted molar refractivity (Wildman–Crippen MR) is 127 cm³/mol. The summed E-state index contributed by atoms with van der Waals surface area (Å²) in [6, 6.07) is 14.0. The van der Waals surface area contributed by atoms with Crippen molar-refractivity contribution in [3.05, 3.63) is 70.2 Å². The smallest absolute Gasteiger partial charge is 0.261 e. The third-order valence-electron chi connectivity index (χ3n) is 5.38. The van der Waals surface area contributed by atoms with Gasteiger partial charge in [-0.1, -0.05) is 12.1 Å². The lowest BCUT2D eigenvalue weighted by molar-refractivity contribution is 0.0955. The summed E-state index contributed by atoms with van der Waals surface area (Å²) in [7, 11) is 0. The van der Waals surface area contributed by atoms with Crippen LogP contribution in [0.4, 0.5) is 5.95 Å². The van der Waals surface area contributed by atoms with E-state index in [4.69, 9.17) is 4.74 Å². The Labute approximate surface area is 193 Å². The Kier molecular flexibility index (Phi) is 7.68. The van der Waals surface area contributed by atoms with Gasteiger partial charge in [0, 0.05) is 56.5 Å². The highest BCUT2D eigenvalue weighted by Gasteiger charge is 2.18. The van der Waals surface area contributed by atoms with Crippen LogP contribution in [0.1, 0.15) is 26.5 Å². The van der Waals surface area contributed by atoms with Crippen molar-refractivity contribution in [2.75, 3.05) is 44.2 Å². The van der Waals surface area contributed by atoms with E-state index < -0.39 is 0 Å². The summed E-state index contributed by atoms with van der Waals surface area (Å²) < 4.78 is 5.82. The molecule has 1 aliphatic heterocycles. The van der Waals surface area contributed by atoms with Gasteiger partial charge in [0.15, 0.2) is 0 Å². The van der Waals surface area contributed by atoms with Gasteiger partial charge >= 0.3 is 0 Å². The number of nitrogens with zero attached hydrogens (tertiary/aromatic N) is 4. The molecule has 0 bridgehead atoms. The van der Waals surface area contributed by atoms with Gasteiger partial charge < -0.3 is 15.0 Å². The molecule has 8 heteroatoms. The number of anilines is 1. The van der Waals surface area contributed by atoms with Gasteiger partial charge in [-0.15, -0.1) is 11.3 Å². The lowest BCUT2D eigenvalue weighted by atomic mass is 10.2. The summed E-state index contributed by atoms with van der Waals surface area (Å²) in [4.78, 5) is 27.3. The fourth-order valence-electron chi connectivity index (χ4n) is 3.62. The highest BCUT2D eigenvalue weighted by molar-refractivity contribution is 7.13. The Hall–Kier alpha value is -2.97. The van der Waals surface area contributed by atoms with Crippen molar-refractivity contribution in [2.45, 2.75) is 19.9 Å². The standard InChI is InChI=1S/C24H29N5O2S/c1-19-4-9-22(32-19)23(30)25-12-3-17-31-21-7-5-20(6-8-21)18-28-13-15-29(16-14-28)24-26-10-2-11-27-24/h2,4-11H,3,12-18H2,1H3,(H,25,30). The molecule has 0 unspecified atom stereocenters. The maximum Gasteiger partial charge on any atom is 0.261 e. The van der Waals surface area contributed by atoms with E-state index in [-0.39, 0.29) is 5.91 Å². The molecule has 1 amide bonds. The summed E-state index contributed by atoms with van der Waals surface area (Å²) in [6.45, 7) is 7.97. The second-order valence-corrected chi connectivity index (χ2v) is 9.11. The van der Waals surface area contributed by atoms with Crippen LogP contribution in [0.15, 0.2) is 54.9 Å². The summed E-state index contributed by atoms with van der Waals surface area (Å²) in [5.74, 6) is 1.67. The number of amides is 1. The van der Waals surface area contributed by atoms with Crippen LogP contribution in [0.25, 0.3) is 0 Å². The van der Waals surface area contributed by atoms with Crippen molar-refractivity contribution >= 4 is 23.2 Å². The Bertz CT molecular complexity index is 985. The molecule has 1 fully saturated rings. The number of rotatable bonds is 9. The quantitative estimate of drug-likeness (QED) is 0.503. The van der Waals surface area contributed by atoms with Gasteiger partial charge in [-0.25, -0.2) is 9.97 Å². The first kappa shape index (κ1) is 22.2. The van der Waals surface area contributed by atoms with Crippen molar-refractivity contribution in [3.8, 4) is 5.75 Å². The van der Waals surface area contributed by atoms with Crippen molar-refractivity contribution < 1.29 is 9.53 Å². The second-order valence-electron chi connectivity index (χ2n) is 7.82. The number of hydrogen-bond donors (Lipinski definition) is 1. The first-order valence-corrected chi connectivity index (χ1v) is 11.8. The second kappa shape index (κ2) is 11.1. The first-order chi connectivity index (χ1) is 15.7. The topological polar surface area (TPSA) is 70.6 Å². The van der Waals surface area contributed by atoms with Crippen LogP contribution in [-0.4, -0.2) is 60.1 Å². The van der Waals surface area contributed by atoms with Crippen molar-refractivity contribution in [3.63, 3.8) is 0 Å². The third kappa shape index (κ3) is 6.27. The van der Waals surface area contributed by atoms with Crippen LogP contribution in [0.3, 0.4) is 0 Å². The highest BCUT2D eigenvalue weighted by atomic mass is 32.1. The van der Waals surface area contributed by atoms with Crippen LogP contribution in [0.5, 0.6) is 5.75 Å². The van der Waals surface area contributed by atoms with Gasteiger partial charge in [0.25, 0.3) is 5.91 Å². The Balaban J connectivity index is 1.13. The molecule has 32 heavy (non-hydrogen) atoms. The molecular formula is C24H29N5O2S. The fraction of sp³-hybridized carbons (Fsp3) is 0.375. The minimum atomic E-state index is -0.00965. The summed E-state index contributed by atoms with van der Waals surface area (Å²) in [6.07, 6.45) is 4.35. The zero-order valence-corrected chi connectivity index (χ0v) is 19.2. The van der Waals surface area contributed by atoms with Crippen LogP contribution < -0.4 is 15.0 Å². The molecule has 0 aliphatic carbocycles. The number of carbonyl (C=O) groups excluding carboxylic acids is 1. The van der Waals surface area contributed by atoms with Crippen LogP contribution in [0, 0.1) is 6.92 Å². The van der Waals surface area contributed by atoms with E-state index in [2.05, 4.69) is 37.2 Å². The van der Waals surface area contributed by atoms with Crippen LogP contribution >= 0.6 is 11.3 Å². The largest absolute Gasteiger partial charge is 0.494 e. The lowest BCUT2D eigenvalue weighted by Crippen LogP contribution is -2.46. The molecule has 4 rings (SSSR count). The number of aromatic nitrogens is 2. The van der Waals surface area contributed by atoms with Gasteiger partial charge in [0.05, 0.1) is 11.5 Å². The van der Waals surface area contributed by atoms with E-state index in [0.29, 0.717) is 13.2 Å². The number of thiophene rings is 1. The molecule has 168 valence electrons. The van der Waals surface area contributed by atoms with Crippen LogP contribution in [0.2, 0.25) is 0 Å². The SMILES string of the molecule is Cc1ccc(C(=O)NCCCOc2ccc(CN3CCN(c4ncccn4)CC3)cc2)s1. The van der Waals surface area contributed by atoms with Gasteiger partial charge in [-0.2, -0.15) is 0 Å². The predicted octanol–water partition coefficient (Wildman–Crippen LogP) is 3.37. The average Bonchev–Trinajstić information content (AvgIpc) is 3.27. The number of nitrogens with one attached hydrogen (secondary N) is 1. The van der Waals surface area contributed by atoms with Gasteiger partial charge in [0.2, 0.25) is 5.95 Å². The molecule has 2 aromatic heterocycles. The molecule has 1 aliphatic rings. The third-order valence-corrected chi connectivity index (χ3v) is 6.38. The number of benzene rings is 1. The zero-order valence-electron chi connectivity index (χ0n) is 18.4. The van der Waals surface area contributed by atoms with Gasteiger partial charge in [-0.05, 0) is 49.2 Å². The van der Waals surface area contributed by atoms with E-state index >= 15 is 0 Å². The van der Waals surface area contributed by atoms with E-state index in [1.807, 2.05) is 37.3 Å². The number of ether oxygens (including phenoxy) is 1. The number of carbonyl (C=O) groups is 1. The summed E-state index contributed by atoms with van der Waals surface area (Å²) in [5, 5.41) is 2.94. The minimum absolute atomic E-state index is 0.00965. The van der Waals surface area contributed by atoms with E-state index in [0.717, 1.165) is 60.6 Å². The molecule has 0 atom stereocenters. The van der Waals surface area contributed by atoms with Crippen molar-refractivity contribution in [1.29, 1.82) is 0 Å². The highest BCUT2D eigenvalue weighted by Crippen LogP contribution is 2.17. The molecule has 3 heterocycles. The van der Waals surface area contributed by atoms with Crippen molar-refractivity contribution in [1.82, 2.24) is 20.2 Å².